The van der Waals surface area contributed by atoms with Crippen molar-refractivity contribution in [3.05, 3.63) is 0 Å². The average molecular weight is 302 g/mol. The van der Waals surface area contributed by atoms with Crippen LogP contribution < -0.4 is 0 Å². The molecule has 0 spiro atoms. The van der Waals surface area contributed by atoms with E-state index >= 15 is 0 Å². The molecular weight excluding hydrogens is 268 g/mol. The maximum absolute atomic E-state index is 11.4. The van der Waals surface area contributed by atoms with E-state index in [4.69, 9.17) is 14.6 Å². The molecule has 4 nitrogen and oxygen atoms in total. The molecule has 0 aliphatic carbocycles. The average Bonchev–Trinajstić information content (AvgIpc) is 2.49. The lowest BCUT2D eigenvalue weighted by atomic mass is 10.1. The number of aliphatic hydroxyl groups is 1. The molecule has 0 aromatic rings. The van der Waals surface area contributed by atoms with Crippen molar-refractivity contribution in [2.45, 2.75) is 77.6 Å². The molecular formula is C17H34O4. The standard InChI is InChI=1S/C17H34O4/c1-2-3-4-5-6-7-8-9-10-12-17(19)21-16-15-20-14-11-13-18/h18H,2-16H2,1H3. The second kappa shape index (κ2) is 17.4. The molecule has 0 aliphatic rings. The van der Waals surface area contributed by atoms with Gasteiger partial charge in [-0.3, -0.25) is 4.79 Å². The zero-order valence-electron chi connectivity index (χ0n) is 13.8. The highest BCUT2D eigenvalue weighted by Gasteiger charge is 2.02. The molecule has 0 aromatic carbocycles. The van der Waals surface area contributed by atoms with Gasteiger partial charge in [0.2, 0.25) is 0 Å². The highest BCUT2D eigenvalue weighted by Crippen LogP contribution is 2.10. The largest absolute Gasteiger partial charge is 0.463 e. The van der Waals surface area contributed by atoms with Crippen LogP contribution in [0, 0.1) is 0 Å². The van der Waals surface area contributed by atoms with Gasteiger partial charge in [-0.1, -0.05) is 58.3 Å². The van der Waals surface area contributed by atoms with Crippen molar-refractivity contribution < 1.29 is 19.4 Å². The van der Waals surface area contributed by atoms with E-state index in [0.29, 0.717) is 32.7 Å². The summed E-state index contributed by atoms with van der Waals surface area (Å²) in [5, 5.41) is 8.56. The summed E-state index contributed by atoms with van der Waals surface area (Å²) in [7, 11) is 0. The Bertz CT molecular complexity index is 219. The minimum Gasteiger partial charge on any atom is -0.463 e. The summed E-state index contributed by atoms with van der Waals surface area (Å²) in [6.45, 7) is 3.64. The zero-order valence-corrected chi connectivity index (χ0v) is 13.8. The molecule has 4 heteroatoms. The fourth-order valence-electron chi connectivity index (χ4n) is 2.14. The molecule has 0 saturated carbocycles. The van der Waals surface area contributed by atoms with Crippen molar-refractivity contribution in [3.63, 3.8) is 0 Å². The van der Waals surface area contributed by atoms with Crippen LogP contribution >= 0.6 is 0 Å². The third-order valence-corrected chi connectivity index (χ3v) is 3.42. The number of aliphatic hydroxyl groups excluding tert-OH is 1. The Balaban J connectivity index is 3.12. The molecule has 0 fully saturated rings. The third kappa shape index (κ3) is 17.3. The quantitative estimate of drug-likeness (QED) is 0.347. The Hall–Kier alpha value is -0.610. The van der Waals surface area contributed by atoms with Crippen LogP contribution in [0.4, 0.5) is 0 Å². The Morgan fingerprint density at radius 1 is 0.810 bits per heavy atom. The summed E-state index contributed by atoms with van der Waals surface area (Å²) >= 11 is 0. The first-order valence-corrected chi connectivity index (χ1v) is 8.65. The second-order valence-electron chi connectivity index (χ2n) is 5.49. The van der Waals surface area contributed by atoms with Crippen LogP contribution in [0.1, 0.15) is 77.6 Å². The van der Waals surface area contributed by atoms with E-state index in [1.807, 2.05) is 0 Å². The zero-order chi connectivity index (χ0) is 15.6. The van der Waals surface area contributed by atoms with Gasteiger partial charge in [0, 0.05) is 19.6 Å². The van der Waals surface area contributed by atoms with E-state index < -0.39 is 0 Å². The molecule has 21 heavy (non-hydrogen) atoms. The van der Waals surface area contributed by atoms with Gasteiger partial charge in [-0.15, -0.1) is 0 Å². The van der Waals surface area contributed by atoms with Crippen molar-refractivity contribution in [1.29, 1.82) is 0 Å². The van der Waals surface area contributed by atoms with Crippen LogP contribution in [0.5, 0.6) is 0 Å². The molecule has 0 rings (SSSR count). The van der Waals surface area contributed by atoms with Gasteiger partial charge in [-0.05, 0) is 12.8 Å². The third-order valence-electron chi connectivity index (χ3n) is 3.42. The van der Waals surface area contributed by atoms with E-state index in [0.717, 1.165) is 12.8 Å². The Labute approximate surface area is 130 Å². The van der Waals surface area contributed by atoms with E-state index in [9.17, 15) is 4.79 Å². The van der Waals surface area contributed by atoms with Gasteiger partial charge in [-0.2, -0.15) is 0 Å². The van der Waals surface area contributed by atoms with Gasteiger partial charge < -0.3 is 14.6 Å². The normalized spacial score (nSPS) is 10.8. The Morgan fingerprint density at radius 2 is 1.43 bits per heavy atom. The van der Waals surface area contributed by atoms with Gasteiger partial charge in [0.05, 0.1) is 6.61 Å². The maximum atomic E-state index is 11.4. The molecule has 0 saturated heterocycles. The van der Waals surface area contributed by atoms with Gasteiger partial charge in [0.15, 0.2) is 0 Å². The first-order chi connectivity index (χ1) is 10.3. The second-order valence-corrected chi connectivity index (χ2v) is 5.49. The van der Waals surface area contributed by atoms with Crippen molar-refractivity contribution in [2.24, 2.45) is 0 Å². The fourth-order valence-corrected chi connectivity index (χ4v) is 2.14. The monoisotopic (exact) mass is 302 g/mol. The van der Waals surface area contributed by atoms with Gasteiger partial charge in [-0.25, -0.2) is 0 Å². The molecule has 1 N–H and O–H groups in total. The van der Waals surface area contributed by atoms with Crippen molar-refractivity contribution in [3.8, 4) is 0 Å². The van der Waals surface area contributed by atoms with E-state index in [2.05, 4.69) is 6.92 Å². The smallest absolute Gasteiger partial charge is 0.305 e. The maximum Gasteiger partial charge on any atom is 0.305 e. The number of unbranched alkanes of at least 4 members (excludes halogenated alkanes) is 8. The van der Waals surface area contributed by atoms with Gasteiger partial charge in [0.25, 0.3) is 0 Å². The van der Waals surface area contributed by atoms with Crippen LogP contribution in [-0.4, -0.2) is 37.5 Å². The van der Waals surface area contributed by atoms with Crippen molar-refractivity contribution in [1.82, 2.24) is 0 Å². The number of carbonyl (C=O) groups excluding carboxylic acids is 1. The molecule has 0 atom stereocenters. The summed E-state index contributed by atoms with van der Waals surface area (Å²) < 4.78 is 10.3. The number of hydrogen-bond acceptors (Lipinski definition) is 4. The number of esters is 1. The van der Waals surface area contributed by atoms with Crippen LogP contribution in [0.25, 0.3) is 0 Å². The summed E-state index contributed by atoms with van der Waals surface area (Å²) in [5.74, 6) is -0.122. The highest BCUT2D eigenvalue weighted by atomic mass is 16.6. The minimum atomic E-state index is -0.122. The molecule has 0 heterocycles. The predicted molar refractivity (Wildman–Crippen MR) is 85.3 cm³/mol. The number of hydrogen-bond donors (Lipinski definition) is 1. The Kier molecular flexibility index (Phi) is 16.9. The summed E-state index contributed by atoms with van der Waals surface area (Å²) in [5.41, 5.74) is 0. The minimum absolute atomic E-state index is 0.122. The number of ether oxygens (including phenoxy) is 2. The Morgan fingerprint density at radius 3 is 2.05 bits per heavy atom. The molecule has 0 radical (unpaired) electrons. The van der Waals surface area contributed by atoms with Gasteiger partial charge in [0.1, 0.15) is 6.61 Å². The predicted octanol–water partition coefficient (Wildman–Crippen LogP) is 3.85. The molecule has 0 amide bonds. The van der Waals surface area contributed by atoms with Crippen LogP contribution in [0.3, 0.4) is 0 Å². The fraction of sp³-hybridized carbons (Fsp3) is 0.941. The van der Waals surface area contributed by atoms with Crippen LogP contribution in [0.15, 0.2) is 0 Å². The van der Waals surface area contributed by atoms with Crippen molar-refractivity contribution in [2.75, 3.05) is 26.4 Å². The molecule has 126 valence electrons. The van der Waals surface area contributed by atoms with Crippen LogP contribution in [-0.2, 0) is 14.3 Å². The lowest BCUT2D eigenvalue weighted by molar-refractivity contribution is -0.145. The SMILES string of the molecule is CCCCCCCCCCCC(=O)OCCOCCCO. The van der Waals surface area contributed by atoms with E-state index in [1.165, 1.54) is 44.9 Å². The highest BCUT2D eigenvalue weighted by molar-refractivity contribution is 5.69. The van der Waals surface area contributed by atoms with E-state index in [1.54, 1.807) is 0 Å². The number of rotatable bonds is 16. The summed E-state index contributed by atoms with van der Waals surface area (Å²) in [4.78, 5) is 11.4. The number of carbonyl (C=O) groups is 1. The molecule has 0 aromatic heterocycles. The molecule has 0 unspecified atom stereocenters. The summed E-state index contributed by atoms with van der Waals surface area (Å²) in [6, 6.07) is 0. The topological polar surface area (TPSA) is 55.8 Å². The summed E-state index contributed by atoms with van der Waals surface area (Å²) in [6.07, 6.45) is 12.4. The van der Waals surface area contributed by atoms with Gasteiger partial charge >= 0.3 is 5.97 Å². The molecule has 0 aliphatic heterocycles. The van der Waals surface area contributed by atoms with Crippen molar-refractivity contribution >= 4 is 5.97 Å². The van der Waals surface area contributed by atoms with E-state index in [-0.39, 0.29) is 12.6 Å². The lowest BCUT2D eigenvalue weighted by Crippen LogP contribution is -2.11. The first kappa shape index (κ1) is 20.4. The lowest BCUT2D eigenvalue weighted by Gasteiger charge is -2.06. The first-order valence-electron chi connectivity index (χ1n) is 8.65. The van der Waals surface area contributed by atoms with Crippen LogP contribution in [0.2, 0.25) is 0 Å². The molecule has 0 bridgehead atoms.